The first-order chi connectivity index (χ1) is 17.2. The number of rotatable bonds is 4. The normalized spacial score (nSPS) is 23.6. The Kier molecular flexibility index (Phi) is 4.43. The minimum Gasteiger partial charge on any atom is -0.489 e. The van der Waals surface area contributed by atoms with Crippen molar-refractivity contribution >= 4 is 17.5 Å². The second-order valence-electron chi connectivity index (χ2n) is 9.54. The number of hydrogen-bond donors (Lipinski definition) is 0. The molecule has 4 heteroatoms. The fourth-order valence-electron chi connectivity index (χ4n) is 6.36. The maximum atomic E-state index is 13.8. The molecule has 170 valence electrons. The van der Waals surface area contributed by atoms with Crippen LogP contribution in [0, 0.1) is 11.8 Å². The standard InChI is InChI=1S/C31H23NO3/c33-30-28-26-22-10-4-5-11-23(22)27(25-13-7-6-12-24(25)26)29(28)31(34)32(30)20-14-16-21(17-15-20)35-18-19-8-2-1-3-9-19/h1-17,26-29H,18H2/t26?,27?,28-,29+. The van der Waals surface area contributed by atoms with Gasteiger partial charge in [-0.1, -0.05) is 78.9 Å². The van der Waals surface area contributed by atoms with Crippen LogP contribution in [0.3, 0.4) is 0 Å². The van der Waals surface area contributed by atoms with E-state index in [-0.39, 0.29) is 35.5 Å². The highest BCUT2D eigenvalue weighted by atomic mass is 16.5. The third-order valence-corrected chi connectivity index (χ3v) is 7.79. The summed E-state index contributed by atoms with van der Waals surface area (Å²) in [7, 11) is 0. The van der Waals surface area contributed by atoms with Crippen LogP contribution in [-0.2, 0) is 16.2 Å². The number of hydrogen-bond acceptors (Lipinski definition) is 3. The van der Waals surface area contributed by atoms with Gasteiger partial charge in [-0.2, -0.15) is 0 Å². The summed E-state index contributed by atoms with van der Waals surface area (Å²) in [6.07, 6.45) is 0. The summed E-state index contributed by atoms with van der Waals surface area (Å²) in [5.41, 5.74) is 6.43. The first-order valence-corrected chi connectivity index (χ1v) is 12.0. The fourth-order valence-corrected chi connectivity index (χ4v) is 6.36. The van der Waals surface area contributed by atoms with E-state index in [1.807, 2.05) is 78.9 Å². The number of ether oxygens (including phenoxy) is 1. The average Bonchev–Trinajstić information content (AvgIpc) is 3.18. The zero-order valence-corrected chi connectivity index (χ0v) is 19.0. The molecule has 1 saturated heterocycles. The SMILES string of the molecule is O=C1[C@@H]2C3c4ccccc4C(c4ccccc43)[C@@H]2C(=O)N1c1ccc(OCc2ccccc2)cc1. The molecule has 8 rings (SSSR count). The lowest BCUT2D eigenvalue weighted by atomic mass is 9.55. The molecule has 0 spiro atoms. The number of carbonyl (C=O) groups is 2. The van der Waals surface area contributed by atoms with Gasteiger partial charge in [0, 0.05) is 11.8 Å². The summed E-state index contributed by atoms with van der Waals surface area (Å²) < 4.78 is 5.90. The Bertz CT molecular complexity index is 1340. The van der Waals surface area contributed by atoms with E-state index < -0.39 is 0 Å². The van der Waals surface area contributed by atoms with E-state index in [0.717, 1.165) is 5.56 Å². The van der Waals surface area contributed by atoms with Crippen LogP contribution in [0.1, 0.15) is 39.7 Å². The molecule has 4 aromatic carbocycles. The molecule has 0 saturated carbocycles. The van der Waals surface area contributed by atoms with E-state index in [0.29, 0.717) is 18.0 Å². The van der Waals surface area contributed by atoms with E-state index in [1.165, 1.54) is 27.2 Å². The quantitative estimate of drug-likeness (QED) is 0.372. The Morgan fingerprint density at radius 2 is 1.03 bits per heavy atom. The van der Waals surface area contributed by atoms with Crippen molar-refractivity contribution in [2.75, 3.05) is 4.90 Å². The monoisotopic (exact) mass is 457 g/mol. The van der Waals surface area contributed by atoms with E-state index >= 15 is 0 Å². The van der Waals surface area contributed by atoms with Gasteiger partial charge in [0.25, 0.3) is 0 Å². The first-order valence-electron chi connectivity index (χ1n) is 12.0. The van der Waals surface area contributed by atoms with Gasteiger partial charge in [0.1, 0.15) is 12.4 Å². The molecule has 0 aromatic heterocycles. The molecule has 4 aliphatic rings. The number of anilines is 1. The molecular formula is C31H23NO3. The predicted molar refractivity (Wildman–Crippen MR) is 133 cm³/mol. The highest BCUT2D eigenvalue weighted by molar-refractivity contribution is 6.23. The van der Waals surface area contributed by atoms with Gasteiger partial charge in [-0.15, -0.1) is 0 Å². The molecule has 0 radical (unpaired) electrons. The maximum absolute atomic E-state index is 13.8. The Morgan fingerprint density at radius 3 is 1.51 bits per heavy atom. The molecule has 1 fully saturated rings. The number of benzene rings is 4. The fraction of sp³-hybridized carbons (Fsp3) is 0.161. The van der Waals surface area contributed by atoms with Crippen LogP contribution in [-0.4, -0.2) is 11.8 Å². The third-order valence-electron chi connectivity index (χ3n) is 7.79. The van der Waals surface area contributed by atoms with Gasteiger partial charge in [-0.05, 0) is 52.1 Å². The second-order valence-corrected chi connectivity index (χ2v) is 9.54. The molecule has 2 atom stereocenters. The molecule has 1 heterocycles. The molecule has 0 unspecified atom stereocenters. The minimum atomic E-state index is -0.369. The molecule has 35 heavy (non-hydrogen) atoms. The van der Waals surface area contributed by atoms with E-state index in [4.69, 9.17) is 4.74 Å². The molecule has 2 bridgehead atoms. The third kappa shape index (κ3) is 2.93. The van der Waals surface area contributed by atoms with E-state index in [1.54, 1.807) is 0 Å². The molecule has 2 amide bonds. The number of carbonyl (C=O) groups excluding carboxylic acids is 2. The van der Waals surface area contributed by atoms with Crippen LogP contribution >= 0.6 is 0 Å². The van der Waals surface area contributed by atoms with Crippen LogP contribution in [0.2, 0.25) is 0 Å². The molecule has 0 N–H and O–H groups in total. The van der Waals surface area contributed by atoms with Gasteiger partial charge in [0.05, 0.1) is 17.5 Å². The van der Waals surface area contributed by atoms with Crippen LogP contribution in [0.25, 0.3) is 0 Å². The Balaban J connectivity index is 1.22. The van der Waals surface area contributed by atoms with E-state index in [9.17, 15) is 9.59 Å². The molecule has 4 aromatic rings. The molecule has 1 aliphatic heterocycles. The average molecular weight is 458 g/mol. The van der Waals surface area contributed by atoms with Crippen molar-refractivity contribution in [3.63, 3.8) is 0 Å². The number of nitrogens with zero attached hydrogens (tertiary/aromatic N) is 1. The lowest BCUT2D eigenvalue weighted by Crippen LogP contribution is -2.41. The maximum Gasteiger partial charge on any atom is 0.238 e. The largest absolute Gasteiger partial charge is 0.489 e. The minimum absolute atomic E-state index is 0.0904. The summed E-state index contributed by atoms with van der Waals surface area (Å²) in [5.74, 6) is -0.416. The zero-order valence-electron chi connectivity index (χ0n) is 19.0. The summed E-state index contributed by atoms with van der Waals surface area (Å²) in [6.45, 7) is 0.464. The molecule has 3 aliphatic carbocycles. The van der Waals surface area contributed by atoms with Crippen molar-refractivity contribution in [2.24, 2.45) is 11.8 Å². The summed E-state index contributed by atoms with van der Waals surface area (Å²) >= 11 is 0. The van der Waals surface area contributed by atoms with Crippen LogP contribution in [0.15, 0.2) is 103 Å². The second kappa shape index (κ2) is 7.67. The summed E-state index contributed by atoms with van der Waals surface area (Å²) in [6, 6.07) is 33.9. The highest BCUT2D eigenvalue weighted by Gasteiger charge is 2.61. The van der Waals surface area contributed by atoms with Crippen molar-refractivity contribution in [2.45, 2.75) is 18.4 Å². The zero-order chi connectivity index (χ0) is 23.5. The lowest BCUT2D eigenvalue weighted by Gasteiger charge is -2.45. The Labute approximate surface area is 203 Å². The smallest absolute Gasteiger partial charge is 0.238 e. The Hall–Kier alpha value is -4.18. The lowest BCUT2D eigenvalue weighted by molar-refractivity contribution is -0.122. The van der Waals surface area contributed by atoms with Crippen molar-refractivity contribution < 1.29 is 14.3 Å². The van der Waals surface area contributed by atoms with Gasteiger partial charge in [-0.25, -0.2) is 4.90 Å². The van der Waals surface area contributed by atoms with Gasteiger partial charge in [0.2, 0.25) is 11.8 Å². The van der Waals surface area contributed by atoms with Gasteiger partial charge in [0.15, 0.2) is 0 Å². The van der Waals surface area contributed by atoms with E-state index in [2.05, 4.69) is 24.3 Å². The topological polar surface area (TPSA) is 46.6 Å². The summed E-state index contributed by atoms with van der Waals surface area (Å²) in [4.78, 5) is 29.1. The van der Waals surface area contributed by atoms with Gasteiger partial charge >= 0.3 is 0 Å². The first kappa shape index (κ1) is 20.2. The van der Waals surface area contributed by atoms with Gasteiger partial charge in [-0.3, -0.25) is 9.59 Å². The summed E-state index contributed by atoms with van der Waals surface area (Å²) in [5, 5.41) is 0. The van der Waals surface area contributed by atoms with Crippen molar-refractivity contribution in [1.29, 1.82) is 0 Å². The highest BCUT2D eigenvalue weighted by Crippen LogP contribution is 2.61. The van der Waals surface area contributed by atoms with Crippen LogP contribution < -0.4 is 9.64 Å². The number of imide groups is 1. The molecule has 4 nitrogen and oxygen atoms in total. The van der Waals surface area contributed by atoms with Crippen molar-refractivity contribution in [1.82, 2.24) is 0 Å². The number of amides is 2. The van der Waals surface area contributed by atoms with Gasteiger partial charge < -0.3 is 4.74 Å². The van der Waals surface area contributed by atoms with Crippen LogP contribution in [0.5, 0.6) is 5.75 Å². The van der Waals surface area contributed by atoms with Crippen molar-refractivity contribution in [3.8, 4) is 5.75 Å². The predicted octanol–water partition coefficient (Wildman–Crippen LogP) is 5.66. The van der Waals surface area contributed by atoms with Crippen molar-refractivity contribution in [3.05, 3.63) is 131 Å². The molecular weight excluding hydrogens is 434 g/mol. The Morgan fingerprint density at radius 1 is 0.571 bits per heavy atom. The van der Waals surface area contributed by atoms with Crippen LogP contribution in [0.4, 0.5) is 5.69 Å².